The molecule has 122 valence electrons. The Labute approximate surface area is 136 Å². The van der Waals surface area contributed by atoms with Crippen LogP contribution in [0.15, 0.2) is 24.3 Å². The van der Waals surface area contributed by atoms with E-state index in [2.05, 4.69) is 38.1 Å². The summed E-state index contributed by atoms with van der Waals surface area (Å²) >= 11 is 0. The first kappa shape index (κ1) is 16.1. The van der Waals surface area contributed by atoms with Crippen molar-refractivity contribution in [2.75, 3.05) is 6.61 Å². The minimum absolute atomic E-state index is 0.340. The molecule has 1 aliphatic heterocycles. The molecular weight excluding hydrogens is 268 g/mol. The maximum absolute atomic E-state index is 6.17. The Morgan fingerprint density at radius 3 is 2.14 bits per heavy atom. The van der Waals surface area contributed by atoms with Crippen molar-refractivity contribution >= 4 is 0 Å². The van der Waals surface area contributed by atoms with E-state index in [-0.39, 0.29) is 0 Å². The van der Waals surface area contributed by atoms with Gasteiger partial charge in [0.2, 0.25) is 0 Å². The first-order valence-electron chi connectivity index (χ1n) is 9.39. The largest absolute Gasteiger partial charge is 0.373 e. The van der Waals surface area contributed by atoms with Gasteiger partial charge in [-0.05, 0) is 49.5 Å². The molecule has 0 aromatic heterocycles. The zero-order chi connectivity index (χ0) is 15.4. The Hall–Kier alpha value is -0.820. The molecule has 0 radical (unpaired) electrons. The lowest BCUT2D eigenvalue weighted by molar-refractivity contribution is -0.0211. The van der Waals surface area contributed by atoms with Gasteiger partial charge in [0.1, 0.15) is 0 Å². The van der Waals surface area contributed by atoms with Crippen LogP contribution in [-0.4, -0.2) is 6.61 Å². The first-order chi connectivity index (χ1) is 10.7. The van der Waals surface area contributed by atoms with Crippen LogP contribution in [0.25, 0.3) is 0 Å². The number of aryl methyl sites for hydroxylation is 1. The molecule has 0 N–H and O–H groups in total. The van der Waals surface area contributed by atoms with Gasteiger partial charge in [0.05, 0.1) is 12.7 Å². The van der Waals surface area contributed by atoms with E-state index >= 15 is 0 Å². The number of hydrogen-bond acceptors (Lipinski definition) is 1. The summed E-state index contributed by atoms with van der Waals surface area (Å²) in [4.78, 5) is 0. The highest BCUT2D eigenvalue weighted by atomic mass is 16.5. The van der Waals surface area contributed by atoms with E-state index in [1.54, 1.807) is 0 Å². The zero-order valence-corrected chi connectivity index (χ0v) is 14.4. The van der Waals surface area contributed by atoms with Gasteiger partial charge in [-0.2, -0.15) is 0 Å². The van der Waals surface area contributed by atoms with E-state index in [9.17, 15) is 0 Å². The molecule has 1 aromatic carbocycles. The van der Waals surface area contributed by atoms with Crippen LogP contribution in [0.1, 0.15) is 75.5 Å². The lowest BCUT2D eigenvalue weighted by atomic mass is 9.79. The first-order valence-corrected chi connectivity index (χ1v) is 9.39. The molecule has 1 aliphatic carbocycles. The molecule has 2 fully saturated rings. The van der Waals surface area contributed by atoms with Crippen LogP contribution in [0, 0.1) is 24.7 Å². The fourth-order valence-electron chi connectivity index (χ4n) is 4.17. The summed E-state index contributed by atoms with van der Waals surface area (Å²) in [5.74, 6) is 2.79. The van der Waals surface area contributed by atoms with E-state index in [0.717, 1.165) is 24.4 Å². The summed E-state index contributed by atoms with van der Waals surface area (Å²) in [6, 6.07) is 8.89. The van der Waals surface area contributed by atoms with Crippen LogP contribution < -0.4 is 0 Å². The number of rotatable bonds is 4. The van der Waals surface area contributed by atoms with Crippen molar-refractivity contribution in [2.24, 2.45) is 17.8 Å². The molecule has 0 spiro atoms. The second-order valence-electron chi connectivity index (χ2n) is 7.88. The van der Waals surface area contributed by atoms with E-state index < -0.39 is 0 Å². The van der Waals surface area contributed by atoms with Gasteiger partial charge in [-0.3, -0.25) is 0 Å². The Balaban J connectivity index is 1.39. The maximum atomic E-state index is 6.17. The minimum atomic E-state index is 0.340. The molecular formula is C21H32O. The van der Waals surface area contributed by atoms with Gasteiger partial charge in [-0.15, -0.1) is 0 Å². The predicted octanol–water partition coefficient (Wildman–Crippen LogP) is 6.07. The lowest BCUT2D eigenvalue weighted by Gasteiger charge is -2.31. The van der Waals surface area contributed by atoms with Gasteiger partial charge in [0.25, 0.3) is 0 Å². The van der Waals surface area contributed by atoms with Gasteiger partial charge in [-0.25, -0.2) is 0 Å². The third-order valence-corrected chi connectivity index (χ3v) is 5.94. The molecule has 2 atom stereocenters. The topological polar surface area (TPSA) is 9.23 Å². The van der Waals surface area contributed by atoms with Crippen molar-refractivity contribution in [3.8, 4) is 0 Å². The summed E-state index contributed by atoms with van der Waals surface area (Å²) in [5.41, 5.74) is 2.70. The Morgan fingerprint density at radius 1 is 0.864 bits per heavy atom. The van der Waals surface area contributed by atoms with Gasteiger partial charge >= 0.3 is 0 Å². The Kier molecular flexibility index (Phi) is 5.57. The smallest absolute Gasteiger partial charge is 0.0825 e. The highest BCUT2D eigenvalue weighted by molar-refractivity contribution is 5.23. The third-order valence-electron chi connectivity index (χ3n) is 5.94. The molecule has 1 saturated carbocycles. The van der Waals surface area contributed by atoms with E-state index in [1.165, 1.54) is 62.5 Å². The van der Waals surface area contributed by atoms with E-state index in [1.807, 2.05) is 0 Å². The van der Waals surface area contributed by atoms with E-state index in [0.29, 0.717) is 6.10 Å². The fraction of sp³-hybridized carbons (Fsp3) is 0.714. The van der Waals surface area contributed by atoms with Crippen LogP contribution in [0.2, 0.25) is 0 Å². The summed E-state index contributed by atoms with van der Waals surface area (Å²) in [7, 11) is 0. The molecule has 1 heterocycles. The van der Waals surface area contributed by atoms with Gasteiger partial charge in [0, 0.05) is 0 Å². The molecule has 0 bridgehead atoms. The predicted molar refractivity (Wildman–Crippen MR) is 93.0 cm³/mol. The molecule has 22 heavy (non-hydrogen) atoms. The standard InChI is InChI=1S/C21H32O/c1-16-3-7-18(8-4-16)9-10-19-11-14-21(22-15-19)20-12-5-17(2)6-13-20/h5-6,12-13,16,18-19,21H,3-4,7-11,14-15H2,1-2H3. The summed E-state index contributed by atoms with van der Waals surface area (Å²) in [6.45, 7) is 5.53. The quantitative estimate of drug-likeness (QED) is 0.655. The van der Waals surface area contributed by atoms with Crippen molar-refractivity contribution < 1.29 is 4.74 Å². The maximum Gasteiger partial charge on any atom is 0.0825 e. The van der Waals surface area contributed by atoms with E-state index in [4.69, 9.17) is 4.74 Å². The summed E-state index contributed by atoms with van der Waals surface area (Å²) in [5, 5.41) is 0. The molecule has 1 heteroatoms. The van der Waals surface area contributed by atoms with Crippen LogP contribution in [0.3, 0.4) is 0 Å². The van der Waals surface area contributed by atoms with Crippen molar-refractivity contribution in [2.45, 2.75) is 71.3 Å². The molecule has 1 saturated heterocycles. The monoisotopic (exact) mass is 300 g/mol. The highest BCUT2D eigenvalue weighted by Gasteiger charge is 2.24. The number of benzene rings is 1. The van der Waals surface area contributed by atoms with Crippen LogP contribution in [0.5, 0.6) is 0 Å². The summed E-state index contributed by atoms with van der Waals surface area (Å²) < 4.78 is 6.17. The van der Waals surface area contributed by atoms with Crippen molar-refractivity contribution in [3.63, 3.8) is 0 Å². The van der Waals surface area contributed by atoms with Gasteiger partial charge in [-0.1, -0.05) is 68.9 Å². The average Bonchev–Trinajstić information content (AvgIpc) is 2.56. The van der Waals surface area contributed by atoms with Crippen LogP contribution in [0.4, 0.5) is 0 Å². The Morgan fingerprint density at radius 2 is 1.50 bits per heavy atom. The van der Waals surface area contributed by atoms with Crippen LogP contribution in [-0.2, 0) is 4.74 Å². The molecule has 2 unspecified atom stereocenters. The van der Waals surface area contributed by atoms with Crippen molar-refractivity contribution in [3.05, 3.63) is 35.4 Å². The number of ether oxygens (including phenoxy) is 1. The van der Waals surface area contributed by atoms with Crippen molar-refractivity contribution in [1.82, 2.24) is 0 Å². The average molecular weight is 300 g/mol. The second-order valence-corrected chi connectivity index (χ2v) is 7.88. The minimum Gasteiger partial charge on any atom is -0.373 e. The van der Waals surface area contributed by atoms with Crippen LogP contribution >= 0.6 is 0 Å². The van der Waals surface area contributed by atoms with Crippen molar-refractivity contribution in [1.29, 1.82) is 0 Å². The van der Waals surface area contributed by atoms with Gasteiger partial charge < -0.3 is 4.74 Å². The van der Waals surface area contributed by atoms with Gasteiger partial charge in [0.15, 0.2) is 0 Å². The highest BCUT2D eigenvalue weighted by Crippen LogP contribution is 2.36. The molecule has 2 aliphatic rings. The number of hydrogen-bond donors (Lipinski definition) is 0. The molecule has 3 rings (SSSR count). The summed E-state index contributed by atoms with van der Waals surface area (Å²) in [6.07, 6.45) is 11.6. The molecule has 1 aromatic rings. The fourth-order valence-corrected chi connectivity index (χ4v) is 4.17. The molecule has 0 amide bonds. The normalized spacial score (nSPS) is 32.8. The zero-order valence-electron chi connectivity index (χ0n) is 14.4. The SMILES string of the molecule is Cc1ccc(C2CCC(CCC3CCC(C)CC3)CO2)cc1. The lowest BCUT2D eigenvalue weighted by Crippen LogP contribution is -2.22. The second kappa shape index (κ2) is 7.64. The molecule has 1 nitrogen and oxygen atoms in total. The third kappa shape index (κ3) is 4.35. The Bertz CT molecular complexity index is 433.